The Morgan fingerprint density at radius 3 is 2.67 bits per heavy atom. The van der Waals surface area contributed by atoms with Crippen LogP contribution < -0.4 is 15.4 Å². The third-order valence-electron chi connectivity index (χ3n) is 2.75. The van der Waals surface area contributed by atoms with Crippen molar-refractivity contribution in [2.45, 2.75) is 0 Å². The van der Waals surface area contributed by atoms with Crippen molar-refractivity contribution < 1.29 is 9.53 Å². The topological polar surface area (TPSA) is 53.6 Å². The van der Waals surface area contributed by atoms with E-state index >= 15 is 0 Å². The van der Waals surface area contributed by atoms with Crippen LogP contribution >= 0.6 is 12.4 Å². The zero-order valence-corrected chi connectivity index (χ0v) is 11.1. The van der Waals surface area contributed by atoms with Gasteiger partial charge >= 0.3 is 6.03 Å². The summed E-state index contributed by atoms with van der Waals surface area (Å²) in [6.07, 6.45) is 0. The molecule has 5 nitrogen and oxygen atoms in total. The molecule has 0 bridgehead atoms. The standard InChI is InChI=1S/C12H17N3O2.ClH/c1-17-11-5-3-2-4-10(11)14-12(16)15-8-6-13-7-9-15;/h2-5,13H,6-9H2,1H3,(H,14,16);1H. The molecule has 18 heavy (non-hydrogen) atoms. The Kier molecular flexibility index (Phi) is 5.74. The van der Waals surface area contributed by atoms with Crippen LogP contribution in [0.1, 0.15) is 0 Å². The average molecular weight is 272 g/mol. The van der Waals surface area contributed by atoms with E-state index in [9.17, 15) is 4.79 Å². The van der Waals surface area contributed by atoms with E-state index in [1.165, 1.54) is 0 Å². The summed E-state index contributed by atoms with van der Waals surface area (Å²) >= 11 is 0. The molecule has 0 spiro atoms. The van der Waals surface area contributed by atoms with Crippen molar-refractivity contribution in [3.05, 3.63) is 24.3 Å². The summed E-state index contributed by atoms with van der Waals surface area (Å²) in [5, 5.41) is 6.08. The number of benzene rings is 1. The molecule has 100 valence electrons. The Bertz CT molecular complexity index is 395. The highest BCUT2D eigenvalue weighted by Gasteiger charge is 2.16. The summed E-state index contributed by atoms with van der Waals surface area (Å²) in [4.78, 5) is 13.8. The maximum atomic E-state index is 12.0. The number of para-hydroxylation sites is 2. The van der Waals surface area contributed by atoms with Gasteiger partial charge in [0.05, 0.1) is 12.8 Å². The normalized spacial score (nSPS) is 14.6. The van der Waals surface area contributed by atoms with Crippen LogP contribution in [0, 0.1) is 0 Å². The highest BCUT2D eigenvalue weighted by atomic mass is 35.5. The second kappa shape index (κ2) is 7.08. The molecule has 0 aliphatic carbocycles. The number of nitrogens with one attached hydrogen (secondary N) is 2. The molecule has 2 N–H and O–H groups in total. The maximum Gasteiger partial charge on any atom is 0.322 e. The number of nitrogens with zero attached hydrogens (tertiary/aromatic N) is 1. The minimum Gasteiger partial charge on any atom is -0.495 e. The molecule has 0 saturated carbocycles. The van der Waals surface area contributed by atoms with Crippen LogP contribution in [0.2, 0.25) is 0 Å². The predicted molar refractivity (Wildman–Crippen MR) is 73.7 cm³/mol. The van der Waals surface area contributed by atoms with E-state index in [1.807, 2.05) is 24.3 Å². The van der Waals surface area contributed by atoms with Gasteiger partial charge in [0.2, 0.25) is 0 Å². The van der Waals surface area contributed by atoms with Crippen molar-refractivity contribution in [2.75, 3.05) is 38.6 Å². The van der Waals surface area contributed by atoms with Gasteiger partial charge in [-0.25, -0.2) is 4.79 Å². The summed E-state index contributed by atoms with van der Waals surface area (Å²) in [7, 11) is 1.59. The molecule has 0 radical (unpaired) electrons. The number of carbonyl (C=O) groups is 1. The second-order valence-electron chi connectivity index (χ2n) is 3.87. The van der Waals surface area contributed by atoms with Gasteiger partial charge in [-0.05, 0) is 12.1 Å². The third kappa shape index (κ3) is 3.51. The van der Waals surface area contributed by atoms with E-state index in [4.69, 9.17) is 4.74 Å². The number of hydrogen-bond donors (Lipinski definition) is 2. The Balaban J connectivity index is 0.00000162. The first-order valence-electron chi connectivity index (χ1n) is 5.71. The molecule has 1 fully saturated rings. The van der Waals surface area contributed by atoms with Crippen LogP contribution in [-0.4, -0.2) is 44.2 Å². The van der Waals surface area contributed by atoms with Crippen molar-refractivity contribution in [3.8, 4) is 5.75 Å². The minimum atomic E-state index is -0.0731. The molecule has 2 rings (SSSR count). The fourth-order valence-corrected chi connectivity index (χ4v) is 1.81. The van der Waals surface area contributed by atoms with Crippen LogP contribution in [-0.2, 0) is 0 Å². The van der Waals surface area contributed by atoms with Gasteiger partial charge in [0, 0.05) is 26.2 Å². The Hall–Kier alpha value is -1.46. The zero-order chi connectivity index (χ0) is 12.1. The lowest BCUT2D eigenvalue weighted by atomic mass is 10.3. The van der Waals surface area contributed by atoms with Crippen molar-refractivity contribution in [1.82, 2.24) is 10.2 Å². The van der Waals surface area contributed by atoms with Gasteiger partial charge in [-0.3, -0.25) is 0 Å². The fraction of sp³-hybridized carbons (Fsp3) is 0.417. The Morgan fingerprint density at radius 1 is 1.33 bits per heavy atom. The lowest BCUT2D eigenvalue weighted by Gasteiger charge is -2.27. The molecule has 1 aliphatic heterocycles. The van der Waals surface area contributed by atoms with E-state index in [0.29, 0.717) is 11.4 Å². The molecule has 0 unspecified atom stereocenters. The first-order valence-corrected chi connectivity index (χ1v) is 5.71. The van der Waals surface area contributed by atoms with E-state index < -0.39 is 0 Å². The average Bonchev–Trinajstić information content (AvgIpc) is 2.40. The van der Waals surface area contributed by atoms with Gasteiger partial charge in [-0.1, -0.05) is 12.1 Å². The van der Waals surface area contributed by atoms with Gasteiger partial charge in [-0.2, -0.15) is 0 Å². The summed E-state index contributed by atoms with van der Waals surface area (Å²) < 4.78 is 5.19. The minimum absolute atomic E-state index is 0. The number of urea groups is 1. The first-order chi connectivity index (χ1) is 8.31. The van der Waals surface area contributed by atoms with Gasteiger partial charge in [0.15, 0.2) is 0 Å². The second-order valence-corrected chi connectivity index (χ2v) is 3.87. The van der Waals surface area contributed by atoms with Gasteiger partial charge in [-0.15, -0.1) is 12.4 Å². The van der Waals surface area contributed by atoms with Crippen molar-refractivity contribution >= 4 is 24.1 Å². The number of methoxy groups -OCH3 is 1. The molecular weight excluding hydrogens is 254 g/mol. The maximum absolute atomic E-state index is 12.0. The molecule has 2 amide bonds. The first kappa shape index (κ1) is 14.6. The number of rotatable bonds is 2. The molecule has 1 aromatic carbocycles. The Labute approximate surface area is 113 Å². The number of amides is 2. The van der Waals surface area contributed by atoms with E-state index in [0.717, 1.165) is 26.2 Å². The number of ether oxygens (including phenoxy) is 1. The number of piperazine rings is 1. The number of hydrogen-bond acceptors (Lipinski definition) is 3. The van der Waals surface area contributed by atoms with Crippen LogP contribution in [0.25, 0.3) is 0 Å². The number of carbonyl (C=O) groups excluding carboxylic acids is 1. The van der Waals surface area contributed by atoms with Crippen molar-refractivity contribution in [3.63, 3.8) is 0 Å². The van der Waals surface area contributed by atoms with Gasteiger partial charge in [0.1, 0.15) is 5.75 Å². The molecule has 6 heteroatoms. The van der Waals surface area contributed by atoms with E-state index in [-0.39, 0.29) is 18.4 Å². The number of halogens is 1. The molecule has 1 aromatic rings. The highest BCUT2D eigenvalue weighted by Crippen LogP contribution is 2.23. The SMILES string of the molecule is COc1ccccc1NC(=O)N1CCNCC1.Cl. The highest BCUT2D eigenvalue weighted by molar-refractivity contribution is 5.91. The van der Waals surface area contributed by atoms with E-state index in [1.54, 1.807) is 12.0 Å². The largest absolute Gasteiger partial charge is 0.495 e. The van der Waals surface area contributed by atoms with Crippen LogP contribution in [0.4, 0.5) is 10.5 Å². The Morgan fingerprint density at radius 2 is 2.00 bits per heavy atom. The molecule has 0 aromatic heterocycles. The summed E-state index contributed by atoms with van der Waals surface area (Å²) in [5.41, 5.74) is 0.707. The fourth-order valence-electron chi connectivity index (χ4n) is 1.81. The molecule has 1 aliphatic rings. The monoisotopic (exact) mass is 271 g/mol. The van der Waals surface area contributed by atoms with Gasteiger partial charge < -0.3 is 20.3 Å². The molecule has 1 heterocycles. The van der Waals surface area contributed by atoms with E-state index in [2.05, 4.69) is 10.6 Å². The van der Waals surface area contributed by atoms with Gasteiger partial charge in [0.25, 0.3) is 0 Å². The van der Waals surface area contributed by atoms with Crippen molar-refractivity contribution in [1.29, 1.82) is 0 Å². The summed E-state index contributed by atoms with van der Waals surface area (Å²) in [6, 6.07) is 7.33. The molecular formula is C12H18ClN3O2. The smallest absolute Gasteiger partial charge is 0.322 e. The lowest BCUT2D eigenvalue weighted by Crippen LogP contribution is -2.48. The van der Waals surface area contributed by atoms with Crippen molar-refractivity contribution in [2.24, 2.45) is 0 Å². The number of anilines is 1. The molecule has 0 atom stereocenters. The zero-order valence-electron chi connectivity index (χ0n) is 10.3. The van der Waals surface area contributed by atoms with Crippen LogP contribution in [0.3, 0.4) is 0 Å². The summed E-state index contributed by atoms with van der Waals surface area (Å²) in [6.45, 7) is 3.17. The van der Waals surface area contributed by atoms with Crippen LogP contribution in [0.5, 0.6) is 5.75 Å². The quantitative estimate of drug-likeness (QED) is 0.858. The van der Waals surface area contributed by atoms with Crippen LogP contribution in [0.15, 0.2) is 24.3 Å². The predicted octanol–water partition coefficient (Wildman–Crippen LogP) is 1.55. The summed E-state index contributed by atoms with van der Waals surface area (Å²) in [5.74, 6) is 0.677. The third-order valence-corrected chi connectivity index (χ3v) is 2.75. The lowest BCUT2D eigenvalue weighted by molar-refractivity contribution is 0.203. The molecule has 1 saturated heterocycles.